The van der Waals surface area contributed by atoms with Gasteiger partial charge in [0.2, 0.25) is 0 Å². The fraction of sp³-hybridized carbons (Fsp3) is 0.278. The Morgan fingerprint density at radius 1 is 0.692 bits per heavy atom. The zero-order chi connectivity index (χ0) is 25.5. The minimum atomic E-state index is 0.376. The van der Waals surface area contributed by atoms with Gasteiger partial charge in [0.05, 0.1) is 33.0 Å². The average Bonchev–Trinajstić information content (AvgIpc) is 3.65. The number of nitrogens with zero attached hydrogens (tertiary/aromatic N) is 2. The summed E-state index contributed by atoms with van der Waals surface area (Å²) in [5.74, 6) is 0.994. The van der Waals surface area contributed by atoms with Crippen molar-refractivity contribution in [2.24, 2.45) is 11.8 Å². The molecule has 0 saturated carbocycles. The van der Waals surface area contributed by atoms with Crippen LogP contribution in [0.2, 0.25) is 0 Å². The zero-order valence-corrected chi connectivity index (χ0v) is 22.9. The number of aryl methyl sites for hydroxylation is 1. The summed E-state index contributed by atoms with van der Waals surface area (Å²) >= 11 is 2.04. The molecular formula is C36H32N2S. The van der Waals surface area contributed by atoms with E-state index in [0.717, 1.165) is 25.7 Å². The molecule has 9 rings (SSSR count). The van der Waals surface area contributed by atoms with Crippen LogP contribution in [0.1, 0.15) is 42.5 Å². The molecule has 7 aliphatic rings. The SMILES string of the molecule is C1=CC2C3=C(C=CCC3)N(C3=CCCc4c3sc3c(N5C6=C(CCC=C6)C6C=CC=CC65)cccc43)C2C=C1. The largest absolute Gasteiger partial charge is 0.333 e. The first kappa shape index (κ1) is 22.3. The third-order valence-electron chi connectivity index (χ3n) is 9.78. The average molecular weight is 525 g/mol. The topological polar surface area (TPSA) is 6.48 Å². The fourth-order valence-electron chi connectivity index (χ4n) is 8.17. The summed E-state index contributed by atoms with van der Waals surface area (Å²) < 4.78 is 1.45. The van der Waals surface area contributed by atoms with Gasteiger partial charge in [-0.25, -0.2) is 0 Å². The molecule has 0 bridgehead atoms. The summed E-state index contributed by atoms with van der Waals surface area (Å²) in [5, 5.41) is 1.46. The van der Waals surface area contributed by atoms with Gasteiger partial charge in [-0.1, -0.05) is 79.0 Å². The molecule has 2 nitrogen and oxygen atoms in total. The van der Waals surface area contributed by atoms with Gasteiger partial charge in [0.15, 0.2) is 0 Å². The summed E-state index contributed by atoms with van der Waals surface area (Å²) in [6.07, 6.45) is 37.7. The van der Waals surface area contributed by atoms with Crippen LogP contribution in [-0.4, -0.2) is 17.0 Å². The van der Waals surface area contributed by atoms with Crippen LogP contribution in [0.3, 0.4) is 0 Å². The number of anilines is 1. The number of fused-ring (bicyclic) bond motifs is 7. The molecule has 1 aromatic heterocycles. The van der Waals surface area contributed by atoms with Gasteiger partial charge in [-0.2, -0.15) is 0 Å². The highest BCUT2D eigenvalue weighted by Gasteiger charge is 2.42. The number of hydrogen-bond acceptors (Lipinski definition) is 3. The predicted molar refractivity (Wildman–Crippen MR) is 164 cm³/mol. The van der Waals surface area contributed by atoms with E-state index in [4.69, 9.17) is 0 Å². The van der Waals surface area contributed by atoms with E-state index in [9.17, 15) is 0 Å². The first-order chi connectivity index (χ1) is 19.4. The third kappa shape index (κ3) is 3.08. The van der Waals surface area contributed by atoms with Crippen molar-refractivity contribution in [2.45, 2.75) is 50.6 Å². The van der Waals surface area contributed by atoms with Gasteiger partial charge in [0.25, 0.3) is 0 Å². The lowest BCUT2D eigenvalue weighted by atomic mass is 9.87. The lowest BCUT2D eigenvalue weighted by molar-refractivity contribution is 0.418. The van der Waals surface area contributed by atoms with Crippen molar-refractivity contribution in [3.63, 3.8) is 0 Å². The van der Waals surface area contributed by atoms with Crippen molar-refractivity contribution in [3.05, 3.63) is 130 Å². The molecule has 0 fully saturated rings. The third-order valence-corrected chi connectivity index (χ3v) is 11.1. The van der Waals surface area contributed by atoms with Gasteiger partial charge >= 0.3 is 0 Å². The standard InChI is InChI=1S/C36H32N2S/c1-5-17-29-23(11-1)24-12-2-6-18-30(24)37(29)33-21-9-15-27-28-16-10-22-34(36(28)39-35(27)33)38-31-19-7-3-13-25(31)26-14-4-8-20-32(26)38/h1,3,5-9,11,13,15,17-23,25,29,31H,2,4,10,12,14,16H2. The van der Waals surface area contributed by atoms with Crippen LogP contribution in [-0.2, 0) is 6.42 Å². The molecule has 4 atom stereocenters. The first-order valence-corrected chi connectivity index (χ1v) is 15.5. The molecule has 0 saturated heterocycles. The van der Waals surface area contributed by atoms with Crippen molar-refractivity contribution in [1.82, 2.24) is 4.90 Å². The van der Waals surface area contributed by atoms with Crippen LogP contribution >= 0.6 is 11.3 Å². The Kier molecular flexibility index (Phi) is 4.84. The summed E-state index contributed by atoms with van der Waals surface area (Å²) in [6.45, 7) is 0. The van der Waals surface area contributed by atoms with Crippen LogP contribution in [0.5, 0.6) is 0 Å². The van der Waals surface area contributed by atoms with E-state index in [1.54, 1.807) is 16.7 Å². The molecule has 0 amide bonds. The highest BCUT2D eigenvalue weighted by molar-refractivity contribution is 7.21. The van der Waals surface area contributed by atoms with E-state index >= 15 is 0 Å². The van der Waals surface area contributed by atoms with Gasteiger partial charge in [0, 0.05) is 23.2 Å². The minimum Gasteiger partial charge on any atom is -0.333 e. The van der Waals surface area contributed by atoms with Crippen molar-refractivity contribution in [3.8, 4) is 0 Å². The Labute approximate surface area is 234 Å². The van der Waals surface area contributed by atoms with Gasteiger partial charge in [-0.05, 0) is 78.8 Å². The van der Waals surface area contributed by atoms with Crippen molar-refractivity contribution >= 4 is 32.8 Å². The molecule has 39 heavy (non-hydrogen) atoms. The van der Waals surface area contributed by atoms with Crippen molar-refractivity contribution < 1.29 is 0 Å². The fourth-order valence-corrected chi connectivity index (χ4v) is 9.57. The van der Waals surface area contributed by atoms with E-state index in [0.29, 0.717) is 23.9 Å². The summed E-state index contributed by atoms with van der Waals surface area (Å²) in [7, 11) is 0. The molecule has 0 radical (unpaired) electrons. The van der Waals surface area contributed by atoms with Gasteiger partial charge in [-0.3, -0.25) is 0 Å². The Morgan fingerprint density at radius 3 is 2.10 bits per heavy atom. The number of allylic oxidation sites excluding steroid dienone is 9. The maximum absolute atomic E-state index is 2.69. The molecule has 5 aliphatic carbocycles. The highest BCUT2D eigenvalue weighted by Crippen LogP contribution is 2.53. The second kappa shape index (κ2) is 8.47. The Balaban J connectivity index is 1.20. The monoisotopic (exact) mass is 524 g/mol. The maximum Gasteiger partial charge on any atom is 0.0626 e. The van der Waals surface area contributed by atoms with E-state index in [-0.39, 0.29) is 0 Å². The Hall–Kier alpha value is -3.56. The molecular weight excluding hydrogens is 492 g/mol. The molecule has 0 N–H and O–H groups in total. The van der Waals surface area contributed by atoms with Gasteiger partial charge in [0.1, 0.15) is 0 Å². The molecule has 1 aromatic carbocycles. The maximum atomic E-state index is 2.69. The van der Waals surface area contributed by atoms with E-state index in [1.165, 1.54) is 50.6 Å². The predicted octanol–water partition coefficient (Wildman–Crippen LogP) is 8.75. The molecule has 4 unspecified atom stereocenters. The van der Waals surface area contributed by atoms with Crippen LogP contribution < -0.4 is 4.90 Å². The second-order valence-electron chi connectivity index (χ2n) is 11.7. The van der Waals surface area contributed by atoms with E-state index in [1.807, 2.05) is 11.3 Å². The lowest BCUT2D eigenvalue weighted by Gasteiger charge is -2.33. The highest BCUT2D eigenvalue weighted by atomic mass is 32.1. The summed E-state index contributed by atoms with van der Waals surface area (Å²) in [6, 6.07) is 7.83. The molecule has 0 spiro atoms. The molecule has 2 aromatic rings. The number of rotatable bonds is 2. The Bertz CT molecular complexity index is 1700. The first-order valence-electron chi connectivity index (χ1n) is 14.7. The van der Waals surface area contributed by atoms with Gasteiger partial charge < -0.3 is 9.80 Å². The molecule has 2 aliphatic heterocycles. The smallest absolute Gasteiger partial charge is 0.0626 e. The lowest BCUT2D eigenvalue weighted by Crippen LogP contribution is -2.32. The number of benzene rings is 1. The number of thiophene rings is 1. The van der Waals surface area contributed by atoms with Crippen LogP contribution in [0.4, 0.5) is 5.69 Å². The summed E-state index contributed by atoms with van der Waals surface area (Å²) in [5.41, 5.74) is 10.5. The number of hydrogen-bond donors (Lipinski definition) is 0. The molecule has 3 heterocycles. The second-order valence-corrected chi connectivity index (χ2v) is 12.7. The summed E-state index contributed by atoms with van der Waals surface area (Å²) in [4.78, 5) is 6.84. The van der Waals surface area contributed by atoms with Crippen LogP contribution in [0.15, 0.2) is 120 Å². The van der Waals surface area contributed by atoms with Gasteiger partial charge in [-0.15, -0.1) is 11.3 Å². The quantitative estimate of drug-likeness (QED) is 0.387. The van der Waals surface area contributed by atoms with E-state index < -0.39 is 0 Å². The van der Waals surface area contributed by atoms with Crippen molar-refractivity contribution in [1.29, 1.82) is 0 Å². The molecule has 192 valence electrons. The van der Waals surface area contributed by atoms with Crippen LogP contribution in [0, 0.1) is 11.8 Å². The normalized spacial score (nSPS) is 29.7. The minimum absolute atomic E-state index is 0.376. The van der Waals surface area contributed by atoms with E-state index in [2.05, 4.69) is 107 Å². The zero-order valence-electron chi connectivity index (χ0n) is 22.1. The van der Waals surface area contributed by atoms with Crippen LogP contribution in [0.25, 0.3) is 15.8 Å². The van der Waals surface area contributed by atoms with Crippen molar-refractivity contribution in [2.75, 3.05) is 4.90 Å². The Morgan fingerprint density at radius 2 is 1.36 bits per heavy atom. The molecule has 3 heteroatoms.